The van der Waals surface area contributed by atoms with Crippen molar-refractivity contribution >= 4 is 11.8 Å². The van der Waals surface area contributed by atoms with Crippen LogP contribution in [0.1, 0.15) is 30.8 Å². The van der Waals surface area contributed by atoms with Crippen LogP contribution in [0.15, 0.2) is 34.9 Å². The van der Waals surface area contributed by atoms with Crippen LogP contribution in [0.2, 0.25) is 0 Å². The van der Waals surface area contributed by atoms with Crippen molar-refractivity contribution in [3.63, 3.8) is 0 Å². The first kappa shape index (κ1) is 17.7. The second-order valence-corrected chi connectivity index (χ2v) is 5.79. The largest absolute Gasteiger partial charge is 0.356 e. The minimum absolute atomic E-state index is 0.108. The van der Waals surface area contributed by atoms with E-state index in [1.807, 2.05) is 13.8 Å². The Balaban J connectivity index is 1.83. The molecule has 0 aliphatic heterocycles. The van der Waals surface area contributed by atoms with Crippen molar-refractivity contribution in [3.05, 3.63) is 41.8 Å². The van der Waals surface area contributed by atoms with Gasteiger partial charge >= 0.3 is 0 Å². The van der Waals surface area contributed by atoms with E-state index in [1.54, 1.807) is 0 Å². The molecule has 0 saturated carbocycles. The fraction of sp³-hybridized carbons (Fsp3) is 0.353. The zero-order chi connectivity index (χ0) is 17.5. The lowest BCUT2D eigenvalue weighted by atomic mass is 10.1. The summed E-state index contributed by atoms with van der Waals surface area (Å²) in [7, 11) is 0. The average molecular weight is 333 g/mol. The molecule has 0 saturated heterocycles. The number of hydrogen-bond acceptors (Lipinski definition) is 4. The number of aromatic nitrogens is 1. The van der Waals surface area contributed by atoms with Crippen molar-refractivity contribution in [2.75, 3.05) is 13.1 Å². The van der Waals surface area contributed by atoms with Crippen LogP contribution in [0.5, 0.6) is 0 Å². The van der Waals surface area contributed by atoms with E-state index in [9.17, 15) is 14.0 Å². The highest BCUT2D eigenvalue weighted by atomic mass is 19.1. The molecule has 0 fully saturated rings. The quantitative estimate of drug-likeness (QED) is 0.815. The summed E-state index contributed by atoms with van der Waals surface area (Å²) in [5.74, 6) is -0.148. The van der Waals surface area contributed by atoms with Gasteiger partial charge < -0.3 is 15.2 Å². The lowest BCUT2D eigenvalue weighted by Crippen LogP contribution is -2.32. The second kappa shape index (κ2) is 8.24. The molecule has 1 heterocycles. The molecular weight excluding hydrogens is 313 g/mol. The van der Waals surface area contributed by atoms with Crippen molar-refractivity contribution in [3.8, 4) is 11.3 Å². The average Bonchev–Trinajstić information content (AvgIpc) is 3.03. The maximum absolute atomic E-state index is 12.9. The monoisotopic (exact) mass is 333 g/mol. The number of halogens is 1. The molecule has 0 bridgehead atoms. The van der Waals surface area contributed by atoms with E-state index in [0.717, 1.165) is 0 Å². The predicted octanol–water partition coefficient (Wildman–Crippen LogP) is 2.37. The molecular formula is C17H20FN3O3. The molecule has 0 atom stereocenters. The minimum atomic E-state index is -0.427. The van der Waals surface area contributed by atoms with Gasteiger partial charge in [0.1, 0.15) is 5.82 Å². The smallest absolute Gasteiger partial charge is 0.273 e. The normalized spacial score (nSPS) is 10.7. The molecule has 0 radical (unpaired) electrons. The van der Waals surface area contributed by atoms with Gasteiger partial charge in [-0.05, 0) is 30.2 Å². The Bertz CT molecular complexity index is 695. The number of nitrogens with one attached hydrogen (secondary N) is 2. The number of carbonyl (C=O) groups excluding carboxylic acids is 2. The summed E-state index contributed by atoms with van der Waals surface area (Å²) < 4.78 is 18.0. The molecule has 2 aromatic rings. The van der Waals surface area contributed by atoms with Gasteiger partial charge in [-0.2, -0.15) is 0 Å². The van der Waals surface area contributed by atoms with Gasteiger partial charge in [0.05, 0.1) is 0 Å². The molecule has 2 N–H and O–H groups in total. The summed E-state index contributed by atoms with van der Waals surface area (Å²) in [6.45, 7) is 4.83. The SMILES string of the molecule is CC(C)CNC(=O)CCNC(=O)c1cc(-c2ccc(F)cc2)on1. The van der Waals surface area contributed by atoms with Gasteiger partial charge in [-0.15, -0.1) is 0 Å². The molecule has 24 heavy (non-hydrogen) atoms. The maximum Gasteiger partial charge on any atom is 0.273 e. The molecule has 1 aromatic carbocycles. The molecule has 6 nitrogen and oxygen atoms in total. The van der Waals surface area contributed by atoms with E-state index in [2.05, 4.69) is 15.8 Å². The highest BCUT2D eigenvalue weighted by Crippen LogP contribution is 2.20. The third-order valence-electron chi connectivity index (χ3n) is 3.22. The Morgan fingerprint density at radius 1 is 1.21 bits per heavy atom. The molecule has 1 aromatic heterocycles. The van der Waals surface area contributed by atoms with E-state index in [0.29, 0.717) is 23.8 Å². The van der Waals surface area contributed by atoms with Gasteiger partial charge in [0, 0.05) is 31.1 Å². The summed E-state index contributed by atoms with van der Waals surface area (Å²) >= 11 is 0. The van der Waals surface area contributed by atoms with Crippen LogP contribution in [0.3, 0.4) is 0 Å². The third kappa shape index (κ3) is 5.19. The number of amides is 2. The molecule has 2 amide bonds. The van der Waals surface area contributed by atoms with Crippen LogP contribution in [0.25, 0.3) is 11.3 Å². The van der Waals surface area contributed by atoms with Crippen molar-refractivity contribution < 1.29 is 18.5 Å². The zero-order valence-electron chi connectivity index (χ0n) is 13.6. The Kier molecular flexibility index (Phi) is 6.06. The van der Waals surface area contributed by atoms with Crippen LogP contribution in [-0.2, 0) is 4.79 Å². The summed E-state index contributed by atoms with van der Waals surface area (Å²) in [6, 6.07) is 7.15. The topological polar surface area (TPSA) is 84.2 Å². The molecule has 0 unspecified atom stereocenters. The van der Waals surface area contributed by atoms with Gasteiger partial charge in [0.2, 0.25) is 5.91 Å². The summed E-state index contributed by atoms with van der Waals surface area (Å²) in [5.41, 5.74) is 0.730. The van der Waals surface area contributed by atoms with Crippen molar-refractivity contribution in [2.24, 2.45) is 5.92 Å². The number of hydrogen-bond donors (Lipinski definition) is 2. The number of carbonyl (C=O) groups is 2. The summed E-state index contributed by atoms with van der Waals surface area (Å²) in [4.78, 5) is 23.5. The summed E-state index contributed by atoms with van der Waals surface area (Å²) in [5, 5.41) is 9.07. The van der Waals surface area contributed by atoms with Gasteiger partial charge in [-0.25, -0.2) is 4.39 Å². The molecule has 0 spiro atoms. The summed E-state index contributed by atoms with van der Waals surface area (Å²) in [6.07, 6.45) is 0.196. The number of benzene rings is 1. The first-order chi connectivity index (χ1) is 11.5. The van der Waals surface area contributed by atoms with E-state index in [4.69, 9.17) is 4.52 Å². The Morgan fingerprint density at radius 3 is 2.58 bits per heavy atom. The van der Waals surface area contributed by atoms with E-state index in [-0.39, 0.29) is 30.4 Å². The zero-order valence-corrected chi connectivity index (χ0v) is 13.6. The Morgan fingerprint density at radius 2 is 1.92 bits per heavy atom. The molecule has 0 aliphatic rings. The van der Waals surface area contributed by atoms with Crippen LogP contribution in [0.4, 0.5) is 4.39 Å². The third-order valence-corrected chi connectivity index (χ3v) is 3.22. The van der Waals surface area contributed by atoms with Crippen LogP contribution in [0, 0.1) is 11.7 Å². The lowest BCUT2D eigenvalue weighted by molar-refractivity contribution is -0.121. The molecule has 2 rings (SSSR count). The van der Waals surface area contributed by atoms with Crippen molar-refractivity contribution in [1.29, 1.82) is 0 Å². The van der Waals surface area contributed by atoms with E-state index in [1.165, 1.54) is 30.3 Å². The molecule has 0 aliphatic carbocycles. The van der Waals surface area contributed by atoms with Crippen LogP contribution in [-0.4, -0.2) is 30.1 Å². The van der Waals surface area contributed by atoms with E-state index >= 15 is 0 Å². The molecule has 128 valence electrons. The standard InChI is InChI=1S/C17H20FN3O3/c1-11(2)10-20-16(22)7-8-19-17(23)14-9-15(24-21-14)12-3-5-13(18)6-4-12/h3-6,9,11H,7-8,10H2,1-2H3,(H,19,23)(H,20,22). The van der Waals surface area contributed by atoms with Crippen LogP contribution >= 0.6 is 0 Å². The first-order valence-corrected chi connectivity index (χ1v) is 7.73. The van der Waals surface area contributed by atoms with Crippen molar-refractivity contribution in [1.82, 2.24) is 15.8 Å². The Labute approximate surface area is 139 Å². The van der Waals surface area contributed by atoms with Gasteiger partial charge in [0.15, 0.2) is 11.5 Å². The van der Waals surface area contributed by atoms with Gasteiger partial charge in [-0.1, -0.05) is 19.0 Å². The predicted molar refractivity (Wildman–Crippen MR) is 86.7 cm³/mol. The number of rotatable bonds is 7. The van der Waals surface area contributed by atoms with Crippen molar-refractivity contribution in [2.45, 2.75) is 20.3 Å². The van der Waals surface area contributed by atoms with Gasteiger partial charge in [-0.3, -0.25) is 9.59 Å². The lowest BCUT2D eigenvalue weighted by Gasteiger charge is -2.07. The van der Waals surface area contributed by atoms with Gasteiger partial charge in [0.25, 0.3) is 5.91 Å². The fourth-order valence-electron chi connectivity index (χ4n) is 1.92. The second-order valence-electron chi connectivity index (χ2n) is 5.79. The van der Waals surface area contributed by atoms with E-state index < -0.39 is 5.91 Å². The number of nitrogens with zero attached hydrogens (tertiary/aromatic N) is 1. The Hall–Kier alpha value is -2.70. The first-order valence-electron chi connectivity index (χ1n) is 7.73. The highest BCUT2D eigenvalue weighted by Gasteiger charge is 2.14. The minimum Gasteiger partial charge on any atom is -0.356 e. The maximum atomic E-state index is 12.9. The highest BCUT2D eigenvalue weighted by molar-refractivity contribution is 5.93. The molecule has 7 heteroatoms. The van der Waals surface area contributed by atoms with Crippen LogP contribution < -0.4 is 10.6 Å². The fourth-order valence-corrected chi connectivity index (χ4v) is 1.92.